The third-order valence-corrected chi connectivity index (χ3v) is 5.22. The molecule has 7 heteroatoms. The lowest BCUT2D eigenvalue weighted by Gasteiger charge is -2.34. The minimum atomic E-state index is -0.220. The normalized spacial score (nSPS) is 24.9. The van der Waals surface area contributed by atoms with Gasteiger partial charge in [-0.15, -0.1) is 0 Å². The highest BCUT2D eigenvalue weighted by molar-refractivity contribution is 5.99. The molecule has 0 aromatic heterocycles. The summed E-state index contributed by atoms with van der Waals surface area (Å²) in [5, 5.41) is 2.88. The molecule has 2 unspecified atom stereocenters. The highest BCUT2D eigenvalue weighted by atomic mass is 16.7. The first-order valence-corrected chi connectivity index (χ1v) is 8.87. The number of rotatable bonds is 4. The lowest BCUT2D eigenvalue weighted by molar-refractivity contribution is -0.135. The minimum Gasteiger partial charge on any atom is -0.454 e. The lowest BCUT2D eigenvalue weighted by atomic mass is 10.2. The van der Waals surface area contributed by atoms with Gasteiger partial charge in [0, 0.05) is 37.9 Å². The maximum absolute atomic E-state index is 12.6. The predicted molar refractivity (Wildman–Crippen MR) is 91.5 cm³/mol. The van der Waals surface area contributed by atoms with Gasteiger partial charge in [-0.05, 0) is 25.1 Å². The number of hydrogen-bond acceptors (Lipinski definition) is 5. The molecule has 2 fully saturated rings. The molecule has 2 atom stereocenters. The Morgan fingerprint density at radius 1 is 1.12 bits per heavy atom. The maximum Gasteiger partial charge on any atom is 0.231 e. The van der Waals surface area contributed by atoms with Gasteiger partial charge >= 0.3 is 0 Å². The van der Waals surface area contributed by atoms with E-state index in [1.54, 1.807) is 18.2 Å². The van der Waals surface area contributed by atoms with E-state index in [0.717, 1.165) is 32.7 Å². The van der Waals surface area contributed by atoms with E-state index < -0.39 is 0 Å². The zero-order chi connectivity index (χ0) is 17.4. The van der Waals surface area contributed by atoms with Crippen molar-refractivity contribution in [1.29, 1.82) is 0 Å². The molecular weight excluding hydrogens is 322 g/mol. The summed E-state index contributed by atoms with van der Waals surface area (Å²) in [6.45, 7) is 6.73. The smallest absolute Gasteiger partial charge is 0.231 e. The van der Waals surface area contributed by atoms with Gasteiger partial charge in [0.05, 0.1) is 11.8 Å². The number of nitrogens with one attached hydrogen (secondary N) is 1. The van der Waals surface area contributed by atoms with Crippen LogP contribution in [0, 0.1) is 11.8 Å². The first kappa shape index (κ1) is 16.2. The highest BCUT2D eigenvalue weighted by Gasteiger charge is 2.49. The summed E-state index contributed by atoms with van der Waals surface area (Å²) in [7, 11) is 0. The first-order valence-electron chi connectivity index (χ1n) is 8.87. The number of carbonyl (C=O) groups excluding carboxylic acids is 2. The van der Waals surface area contributed by atoms with E-state index in [4.69, 9.17) is 9.47 Å². The largest absolute Gasteiger partial charge is 0.454 e. The third kappa shape index (κ3) is 3.28. The Balaban J connectivity index is 1.30. The van der Waals surface area contributed by atoms with Crippen LogP contribution in [0.5, 0.6) is 11.5 Å². The molecular formula is C18H23N3O4. The highest BCUT2D eigenvalue weighted by Crippen LogP contribution is 2.41. The van der Waals surface area contributed by atoms with Gasteiger partial charge in [-0.25, -0.2) is 0 Å². The molecule has 1 aromatic rings. The zero-order valence-corrected chi connectivity index (χ0v) is 14.4. The average molecular weight is 345 g/mol. The summed E-state index contributed by atoms with van der Waals surface area (Å²) in [5.41, 5.74) is 0.670. The molecule has 0 bridgehead atoms. The number of amides is 2. The molecule has 3 aliphatic rings. The van der Waals surface area contributed by atoms with E-state index in [-0.39, 0.29) is 30.4 Å². The van der Waals surface area contributed by atoms with Gasteiger partial charge in [-0.3, -0.25) is 9.59 Å². The van der Waals surface area contributed by atoms with Gasteiger partial charge in [0.1, 0.15) is 0 Å². The van der Waals surface area contributed by atoms with Crippen LogP contribution in [-0.2, 0) is 9.59 Å². The monoisotopic (exact) mass is 345 g/mol. The van der Waals surface area contributed by atoms with Crippen LogP contribution in [0.15, 0.2) is 18.2 Å². The van der Waals surface area contributed by atoms with Crippen LogP contribution >= 0.6 is 0 Å². The van der Waals surface area contributed by atoms with Gasteiger partial charge in [-0.1, -0.05) is 6.92 Å². The second-order valence-electron chi connectivity index (χ2n) is 6.77. The number of nitrogens with zero attached hydrogens (tertiary/aromatic N) is 2. The number of piperazine rings is 1. The molecule has 4 rings (SSSR count). The number of likely N-dealkylation sites (N-methyl/N-ethyl adjacent to an activating group) is 1. The predicted octanol–water partition coefficient (Wildman–Crippen LogP) is 1.15. The minimum absolute atomic E-state index is 0.0931. The second-order valence-corrected chi connectivity index (χ2v) is 6.77. The van der Waals surface area contributed by atoms with Crippen molar-refractivity contribution >= 4 is 17.5 Å². The second kappa shape index (κ2) is 6.55. The van der Waals surface area contributed by atoms with E-state index in [1.807, 2.05) is 4.90 Å². The first-order chi connectivity index (χ1) is 12.2. The maximum atomic E-state index is 12.6. The van der Waals surface area contributed by atoms with Gasteiger partial charge < -0.3 is 24.6 Å². The Kier molecular flexibility index (Phi) is 4.25. The molecule has 2 amide bonds. The van der Waals surface area contributed by atoms with Crippen molar-refractivity contribution in [1.82, 2.24) is 9.80 Å². The molecule has 2 aliphatic heterocycles. The summed E-state index contributed by atoms with van der Waals surface area (Å²) < 4.78 is 10.6. The molecule has 0 radical (unpaired) electrons. The van der Waals surface area contributed by atoms with Gasteiger partial charge in [-0.2, -0.15) is 0 Å². The van der Waals surface area contributed by atoms with Crippen LogP contribution in [0.25, 0.3) is 0 Å². The van der Waals surface area contributed by atoms with Crippen LogP contribution in [0.4, 0.5) is 5.69 Å². The van der Waals surface area contributed by atoms with E-state index in [9.17, 15) is 9.59 Å². The molecule has 1 saturated carbocycles. The van der Waals surface area contributed by atoms with Crippen molar-refractivity contribution in [3.05, 3.63) is 18.2 Å². The van der Waals surface area contributed by atoms with Crippen molar-refractivity contribution in [2.45, 2.75) is 13.3 Å². The number of anilines is 1. The van der Waals surface area contributed by atoms with Crippen molar-refractivity contribution in [3.63, 3.8) is 0 Å². The van der Waals surface area contributed by atoms with E-state index >= 15 is 0 Å². The Labute approximate surface area is 146 Å². The quantitative estimate of drug-likeness (QED) is 0.887. The molecule has 1 saturated heterocycles. The topological polar surface area (TPSA) is 71.1 Å². The zero-order valence-electron chi connectivity index (χ0n) is 14.4. The van der Waals surface area contributed by atoms with E-state index in [2.05, 4.69) is 17.1 Å². The summed E-state index contributed by atoms with van der Waals surface area (Å²) in [6, 6.07) is 5.32. The van der Waals surface area contributed by atoms with Crippen LogP contribution in [0.1, 0.15) is 13.3 Å². The summed E-state index contributed by atoms with van der Waals surface area (Å²) >= 11 is 0. The van der Waals surface area contributed by atoms with Crippen LogP contribution in [0.2, 0.25) is 0 Å². The standard InChI is InChI=1S/C18H23N3O4/c1-2-20-5-7-21(8-6-20)18(23)14-10-13(14)17(22)19-12-3-4-15-16(9-12)25-11-24-15/h3-4,9,13-14H,2,5-8,10-11H2,1H3,(H,19,22). The molecule has 134 valence electrons. The number of benzene rings is 1. The molecule has 1 N–H and O–H groups in total. The fourth-order valence-corrected chi connectivity index (χ4v) is 3.49. The summed E-state index contributed by atoms with van der Waals surface area (Å²) in [4.78, 5) is 29.2. The fourth-order valence-electron chi connectivity index (χ4n) is 3.49. The SMILES string of the molecule is CCN1CCN(C(=O)C2CC2C(=O)Nc2ccc3c(c2)OCO3)CC1. The lowest BCUT2D eigenvalue weighted by Crippen LogP contribution is -2.49. The van der Waals surface area contributed by atoms with Gasteiger partial charge in [0.25, 0.3) is 0 Å². The van der Waals surface area contributed by atoms with Crippen LogP contribution in [-0.4, -0.2) is 61.1 Å². The third-order valence-electron chi connectivity index (χ3n) is 5.22. The van der Waals surface area contributed by atoms with Crippen molar-refractivity contribution < 1.29 is 19.1 Å². The van der Waals surface area contributed by atoms with Gasteiger partial charge in [0.15, 0.2) is 11.5 Å². The number of hydrogen-bond donors (Lipinski definition) is 1. The number of carbonyl (C=O) groups is 2. The average Bonchev–Trinajstić information content (AvgIpc) is 3.31. The molecule has 25 heavy (non-hydrogen) atoms. The Morgan fingerprint density at radius 3 is 2.64 bits per heavy atom. The summed E-state index contributed by atoms with van der Waals surface area (Å²) in [5.74, 6) is 0.967. The Morgan fingerprint density at radius 2 is 1.88 bits per heavy atom. The van der Waals surface area contributed by atoms with Crippen molar-refractivity contribution in [2.24, 2.45) is 11.8 Å². The number of fused-ring (bicyclic) bond motifs is 1. The molecule has 1 aliphatic carbocycles. The van der Waals surface area contributed by atoms with Crippen LogP contribution < -0.4 is 14.8 Å². The van der Waals surface area contributed by atoms with Gasteiger partial charge in [0.2, 0.25) is 18.6 Å². The summed E-state index contributed by atoms with van der Waals surface area (Å²) in [6.07, 6.45) is 0.642. The van der Waals surface area contributed by atoms with E-state index in [1.165, 1.54) is 0 Å². The van der Waals surface area contributed by atoms with E-state index in [0.29, 0.717) is 23.6 Å². The fraction of sp³-hybridized carbons (Fsp3) is 0.556. The molecule has 7 nitrogen and oxygen atoms in total. The molecule has 2 heterocycles. The van der Waals surface area contributed by atoms with Crippen molar-refractivity contribution in [2.75, 3.05) is 44.8 Å². The van der Waals surface area contributed by atoms with Crippen molar-refractivity contribution in [3.8, 4) is 11.5 Å². The Bertz CT molecular complexity index is 685. The molecule has 0 spiro atoms. The Hall–Kier alpha value is -2.28. The molecule has 1 aromatic carbocycles. The number of ether oxygens (including phenoxy) is 2. The van der Waals surface area contributed by atoms with Crippen LogP contribution in [0.3, 0.4) is 0 Å².